The second-order valence-electron chi connectivity index (χ2n) is 5.71. The molecule has 0 aliphatic carbocycles. The number of methoxy groups -OCH3 is 1. The number of hydrogen-bond donors (Lipinski definition) is 2. The molecular weight excluding hydrogens is 360 g/mol. The van der Waals surface area contributed by atoms with E-state index in [1.807, 2.05) is 6.07 Å². The monoisotopic (exact) mass is 377 g/mol. The van der Waals surface area contributed by atoms with E-state index in [0.29, 0.717) is 17.2 Å². The normalized spacial score (nSPS) is 11.6. The zero-order valence-corrected chi connectivity index (χ0v) is 15.0. The number of halogens is 1. The zero-order chi connectivity index (χ0) is 18.9. The standard InChI is InChI=1S/C17H17FN3O4P/c1-21(12-4-3-11(14(18)9-12)10-26(22,23)24)15-7-8-19-17-13(15)5-6-16(20-17)25-2/h3-9H,10H2,1-2H3,(H2,22,23,24). The van der Waals surface area contributed by atoms with E-state index in [-0.39, 0.29) is 5.56 Å². The molecule has 0 aliphatic heterocycles. The van der Waals surface area contributed by atoms with Crippen molar-refractivity contribution < 1.29 is 23.5 Å². The van der Waals surface area contributed by atoms with Crippen LogP contribution in [0.25, 0.3) is 11.0 Å². The van der Waals surface area contributed by atoms with Crippen molar-refractivity contribution >= 4 is 30.0 Å². The minimum absolute atomic E-state index is 0.0264. The molecule has 136 valence electrons. The number of nitrogens with zero attached hydrogens (tertiary/aromatic N) is 3. The van der Waals surface area contributed by atoms with Crippen LogP contribution in [0.5, 0.6) is 5.88 Å². The molecule has 0 amide bonds. The highest BCUT2D eigenvalue weighted by molar-refractivity contribution is 7.50. The summed E-state index contributed by atoms with van der Waals surface area (Å²) in [4.78, 5) is 28.3. The van der Waals surface area contributed by atoms with Crippen molar-refractivity contribution in [3.63, 3.8) is 0 Å². The smallest absolute Gasteiger partial charge is 0.330 e. The number of ether oxygens (including phenoxy) is 1. The third-order valence-corrected chi connectivity index (χ3v) is 4.68. The van der Waals surface area contributed by atoms with Crippen molar-refractivity contribution in [2.45, 2.75) is 6.16 Å². The van der Waals surface area contributed by atoms with Crippen molar-refractivity contribution in [1.29, 1.82) is 0 Å². The van der Waals surface area contributed by atoms with Crippen LogP contribution < -0.4 is 9.64 Å². The number of hydrogen-bond acceptors (Lipinski definition) is 5. The summed E-state index contributed by atoms with van der Waals surface area (Å²) in [5, 5.41) is 0.760. The van der Waals surface area contributed by atoms with Gasteiger partial charge in [-0.1, -0.05) is 6.07 Å². The van der Waals surface area contributed by atoms with E-state index >= 15 is 0 Å². The molecule has 0 bridgehead atoms. The summed E-state index contributed by atoms with van der Waals surface area (Å²) in [6.45, 7) is 0. The first kappa shape index (κ1) is 18.3. The average Bonchev–Trinajstić information content (AvgIpc) is 2.60. The lowest BCUT2D eigenvalue weighted by Crippen LogP contribution is -2.11. The predicted molar refractivity (Wildman–Crippen MR) is 96.3 cm³/mol. The van der Waals surface area contributed by atoms with Gasteiger partial charge in [0.2, 0.25) is 5.88 Å². The maximum atomic E-state index is 14.3. The van der Waals surface area contributed by atoms with Crippen molar-refractivity contribution in [1.82, 2.24) is 9.97 Å². The van der Waals surface area contributed by atoms with E-state index < -0.39 is 19.6 Å². The summed E-state index contributed by atoms with van der Waals surface area (Å²) in [6, 6.07) is 9.54. The number of anilines is 2. The highest BCUT2D eigenvalue weighted by atomic mass is 31.2. The van der Waals surface area contributed by atoms with Gasteiger partial charge in [0, 0.05) is 30.4 Å². The van der Waals surface area contributed by atoms with Crippen LogP contribution in [0.15, 0.2) is 42.6 Å². The summed E-state index contributed by atoms with van der Waals surface area (Å²) in [6.07, 6.45) is 0.962. The number of aromatic nitrogens is 2. The lowest BCUT2D eigenvalue weighted by Gasteiger charge is -2.21. The summed E-state index contributed by atoms with van der Waals surface area (Å²) in [7, 11) is -1.05. The Morgan fingerprint density at radius 2 is 2.00 bits per heavy atom. The van der Waals surface area contributed by atoms with Gasteiger partial charge in [-0.3, -0.25) is 4.57 Å². The molecule has 0 atom stereocenters. The van der Waals surface area contributed by atoms with Crippen LogP contribution in [0.4, 0.5) is 15.8 Å². The van der Waals surface area contributed by atoms with Crippen LogP contribution in [0.1, 0.15) is 5.56 Å². The Morgan fingerprint density at radius 1 is 1.23 bits per heavy atom. The van der Waals surface area contributed by atoms with Crippen LogP contribution in [0.2, 0.25) is 0 Å². The van der Waals surface area contributed by atoms with E-state index in [0.717, 1.165) is 11.1 Å². The topological polar surface area (TPSA) is 95.8 Å². The van der Waals surface area contributed by atoms with Gasteiger partial charge in [0.1, 0.15) is 5.82 Å². The molecule has 0 unspecified atom stereocenters. The molecule has 26 heavy (non-hydrogen) atoms. The molecule has 0 spiro atoms. The van der Waals surface area contributed by atoms with E-state index in [2.05, 4.69) is 9.97 Å². The maximum Gasteiger partial charge on any atom is 0.330 e. The number of benzene rings is 1. The largest absolute Gasteiger partial charge is 0.481 e. The fourth-order valence-corrected chi connectivity index (χ4v) is 3.34. The van der Waals surface area contributed by atoms with Crippen molar-refractivity contribution in [2.75, 3.05) is 19.1 Å². The molecular formula is C17H17FN3O4P. The van der Waals surface area contributed by atoms with Gasteiger partial charge < -0.3 is 19.4 Å². The summed E-state index contributed by atoms with van der Waals surface area (Å²) >= 11 is 0. The van der Waals surface area contributed by atoms with Gasteiger partial charge in [0.05, 0.1) is 19.0 Å². The zero-order valence-electron chi connectivity index (χ0n) is 14.1. The summed E-state index contributed by atoms with van der Waals surface area (Å²) < 4.78 is 30.4. The molecule has 0 fully saturated rings. The first-order chi connectivity index (χ1) is 12.3. The molecule has 2 N–H and O–H groups in total. The predicted octanol–water partition coefficient (Wildman–Crippen LogP) is 3.22. The van der Waals surface area contributed by atoms with E-state index in [1.54, 1.807) is 36.3 Å². The van der Waals surface area contributed by atoms with Crippen LogP contribution >= 0.6 is 7.60 Å². The number of pyridine rings is 2. The highest BCUT2D eigenvalue weighted by Gasteiger charge is 2.18. The Balaban J connectivity index is 1.99. The molecule has 0 aliphatic rings. The Bertz CT molecular complexity index is 1010. The van der Waals surface area contributed by atoms with Crippen LogP contribution in [-0.4, -0.2) is 33.9 Å². The lowest BCUT2D eigenvalue weighted by atomic mass is 10.1. The first-order valence-corrected chi connectivity index (χ1v) is 9.45. The van der Waals surface area contributed by atoms with Crippen LogP contribution in [0, 0.1) is 5.82 Å². The molecule has 1 aromatic carbocycles. The molecule has 7 nitrogen and oxygen atoms in total. The molecule has 3 rings (SSSR count). The molecule has 2 aromatic heterocycles. The Labute approximate surface area is 149 Å². The quantitative estimate of drug-likeness (QED) is 0.659. The molecule has 3 aromatic rings. The summed E-state index contributed by atoms with van der Waals surface area (Å²) in [5.41, 5.74) is 1.75. The van der Waals surface area contributed by atoms with Gasteiger partial charge in [-0.25, -0.2) is 9.37 Å². The Morgan fingerprint density at radius 3 is 2.65 bits per heavy atom. The molecule has 0 saturated heterocycles. The SMILES string of the molecule is COc1ccc2c(N(C)c3ccc(CP(=O)(O)O)c(F)c3)ccnc2n1. The number of rotatable bonds is 5. The van der Waals surface area contributed by atoms with E-state index in [9.17, 15) is 8.96 Å². The van der Waals surface area contributed by atoms with Crippen LogP contribution in [0.3, 0.4) is 0 Å². The van der Waals surface area contributed by atoms with Gasteiger partial charge in [-0.15, -0.1) is 0 Å². The maximum absolute atomic E-state index is 14.3. The molecule has 0 radical (unpaired) electrons. The van der Waals surface area contributed by atoms with E-state index in [1.165, 1.54) is 19.2 Å². The van der Waals surface area contributed by atoms with Gasteiger partial charge in [-0.2, -0.15) is 4.98 Å². The van der Waals surface area contributed by atoms with Crippen molar-refractivity contribution in [3.05, 3.63) is 54.0 Å². The third-order valence-electron chi connectivity index (χ3n) is 3.93. The van der Waals surface area contributed by atoms with Crippen molar-refractivity contribution in [2.24, 2.45) is 0 Å². The van der Waals surface area contributed by atoms with Gasteiger partial charge in [0.15, 0.2) is 5.65 Å². The van der Waals surface area contributed by atoms with Gasteiger partial charge in [0.25, 0.3) is 0 Å². The minimum atomic E-state index is -4.33. The van der Waals surface area contributed by atoms with Crippen molar-refractivity contribution in [3.8, 4) is 5.88 Å². The highest BCUT2D eigenvalue weighted by Crippen LogP contribution is 2.40. The molecule has 2 heterocycles. The average molecular weight is 377 g/mol. The summed E-state index contributed by atoms with van der Waals surface area (Å²) in [5.74, 6) is -0.228. The second kappa shape index (κ2) is 6.99. The fourth-order valence-electron chi connectivity index (χ4n) is 2.64. The Hall–Kier alpha value is -2.54. The fraction of sp³-hybridized carbons (Fsp3) is 0.176. The van der Waals surface area contributed by atoms with Crippen LogP contribution in [-0.2, 0) is 10.7 Å². The minimum Gasteiger partial charge on any atom is -0.481 e. The third kappa shape index (κ3) is 3.83. The first-order valence-electron chi connectivity index (χ1n) is 7.65. The van der Waals surface area contributed by atoms with E-state index in [4.69, 9.17) is 14.5 Å². The number of fused-ring (bicyclic) bond motifs is 1. The lowest BCUT2D eigenvalue weighted by molar-refractivity contribution is 0.370. The Kier molecular flexibility index (Phi) is 4.91. The molecule has 9 heteroatoms. The van der Waals surface area contributed by atoms with Gasteiger partial charge in [-0.05, 0) is 29.8 Å². The molecule has 0 saturated carbocycles. The second-order valence-corrected chi connectivity index (χ2v) is 7.36. The van der Waals surface area contributed by atoms with Gasteiger partial charge >= 0.3 is 7.60 Å².